The van der Waals surface area contributed by atoms with Crippen LogP contribution in [0.3, 0.4) is 0 Å². The zero-order valence-electron chi connectivity index (χ0n) is 17.1. The zero-order chi connectivity index (χ0) is 20.7. The largest absolute Gasteiger partial charge is 0.343 e. The van der Waals surface area contributed by atoms with E-state index in [1.165, 1.54) is 0 Å². The van der Waals surface area contributed by atoms with Gasteiger partial charge >= 0.3 is 0 Å². The molecule has 5 nitrogen and oxygen atoms in total. The standard InChI is InChI=1S/C25H23N3O2/c1-25(2,18-11-7-4-8-12-18)27-23(29)19-15-20(16-13-14-16)26-24-21(19)22(28-30-24)17-9-5-3-6-10-17/h3-12,15-16H,13-14H2,1-2H3,(H,27,29). The summed E-state index contributed by atoms with van der Waals surface area (Å²) in [7, 11) is 0. The van der Waals surface area contributed by atoms with E-state index >= 15 is 0 Å². The van der Waals surface area contributed by atoms with E-state index in [0.717, 1.165) is 29.7 Å². The number of amides is 1. The molecule has 5 rings (SSSR count). The Kier molecular flexibility index (Phi) is 4.39. The van der Waals surface area contributed by atoms with Crippen LogP contribution >= 0.6 is 0 Å². The highest BCUT2D eigenvalue weighted by molar-refractivity contribution is 6.09. The van der Waals surface area contributed by atoms with Gasteiger partial charge in [0.25, 0.3) is 11.6 Å². The Morgan fingerprint density at radius 3 is 2.37 bits per heavy atom. The van der Waals surface area contributed by atoms with Crippen LogP contribution in [0.5, 0.6) is 0 Å². The van der Waals surface area contributed by atoms with Crippen molar-refractivity contribution in [2.75, 3.05) is 0 Å². The molecule has 2 heterocycles. The Balaban J connectivity index is 1.61. The quantitative estimate of drug-likeness (QED) is 0.487. The predicted molar refractivity (Wildman–Crippen MR) is 116 cm³/mol. The third kappa shape index (κ3) is 3.36. The van der Waals surface area contributed by atoms with Crippen LogP contribution in [0.25, 0.3) is 22.4 Å². The number of aromatic nitrogens is 2. The van der Waals surface area contributed by atoms with Crippen LogP contribution in [-0.4, -0.2) is 16.0 Å². The number of pyridine rings is 1. The first-order valence-electron chi connectivity index (χ1n) is 10.3. The summed E-state index contributed by atoms with van der Waals surface area (Å²) >= 11 is 0. The molecule has 2 aromatic heterocycles. The minimum atomic E-state index is -0.530. The van der Waals surface area contributed by atoms with Crippen molar-refractivity contribution in [1.82, 2.24) is 15.5 Å². The fourth-order valence-corrected chi connectivity index (χ4v) is 3.81. The number of fused-ring (bicyclic) bond motifs is 1. The van der Waals surface area contributed by atoms with Crippen molar-refractivity contribution in [3.63, 3.8) is 0 Å². The molecule has 0 saturated heterocycles. The van der Waals surface area contributed by atoms with Crippen LogP contribution in [-0.2, 0) is 5.54 Å². The molecule has 1 aliphatic carbocycles. The van der Waals surface area contributed by atoms with E-state index in [1.807, 2.05) is 80.6 Å². The van der Waals surface area contributed by atoms with Crippen LogP contribution in [0.4, 0.5) is 0 Å². The number of carbonyl (C=O) groups excluding carboxylic acids is 1. The van der Waals surface area contributed by atoms with Gasteiger partial charge in [-0.1, -0.05) is 65.8 Å². The molecular formula is C25H23N3O2. The van der Waals surface area contributed by atoms with Crippen molar-refractivity contribution < 1.29 is 9.32 Å². The molecule has 30 heavy (non-hydrogen) atoms. The number of carbonyl (C=O) groups is 1. The highest BCUT2D eigenvalue weighted by Crippen LogP contribution is 2.41. The van der Waals surface area contributed by atoms with Crippen molar-refractivity contribution >= 4 is 17.0 Å². The van der Waals surface area contributed by atoms with Crippen molar-refractivity contribution in [2.24, 2.45) is 0 Å². The van der Waals surface area contributed by atoms with Gasteiger partial charge in [0.1, 0.15) is 5.69 Å². The Morgan fingerprint density at radius 1 is 1.03 bits per heavy atom. The second kappa shape index (κ2) is 7.10. The van der Waals surface area contributed by atoms with Crippen LogP contribution in [0.2, 0.25) is 0 Å². The van der Waals surface area contributed by atoms with Gasteiger partial charge in [-0.2, -0.15) is 0 Å². The summed E-state index contributed by atoms with van der Waals surface area (Å²) in [4.78, 5) is 18.2. The normalized spacial score (nSPS) is 14.1. The van der Waals surface area contributed by atoms with Gasteiger partial charge in [-0.15, -0.1) is 0 Å². The topological polar surface area (TPSA) is 68.0 Å². The molecule has 4 aromatic rings. The summed E-state index contributed by atoms with van der Waals surface area (Å²) in [5, 5.41) is 8.13. The third-order valence-electron chi connectivity index (χ3n) is 5.68. The second-order valence-electron chi connectivity index (χ2n) is 8.39. The van der Waals surface area contributed by atoms with Gasteiger partial charge in [-0.3, -0.25) is 4.79 Å². The van der Waals surface area contributed by atoms with Gasteiger partial charge in [0, 0.05) is 17.2 Å². The van der Waals surface area contributed by atoms with Gasteiger partial charge in [0.15, 0.2) is 0 Å². The summed E-state index contributed by atoms with van der Waals surface area (Å²) in [6.07, 6.45) is 2.18. The first-order chi connectivity index (χ1) is 14.5. The average molecular weight is 397 g/mol. The fraction of sp³-hybridized carbons (Fsp3) is 0.240. The number of hydrogen-bond donors (Lipinski definition) is 1. The van der Waals surface area contributed by atoms with E-state index in [4.69, 9.17) is 4.52 Å². The monoisotopic (exact) mass is 397 g/mol. The molecule has 1 aliphatic rings. The molecule has 5 heteroatoms. The lowest BCUT2D eigenvalue weighted by atomic mass is 9.93. The molecule has 0 unspecified atom stereocenters. The SMILES string of the molecule is CC(C)(NC(=O)c1cc(C2CC2)nc2onc(-c3ccccc3)c12)c1ccccc1. The number of nitrogens with zero attached hydrogens (tertiary/aromatic N) is 2. The maximum atomic E-state index is 13.5. The summed E-state index contributed by atoms with van der Waals surface area (Å²) in [5.41, 5.74) is 3.93. The lowest BCUT2D eigenvalue weighted by Crippen LogP contribution is -2.41. The van der Waals surface area contributed by atoms with Gasteiger partial charge in [-0.05, 0) is 38.3 Å². The second-order valence-corrected chi connectivity index (χ2v) is 8.39. The van der Waals surface area contributed by atoms with Gasteiger partial charge in [0.2, 0.25) is 0 Å². The number of nitrogens with one attached hydrogen (secondary N) is 1. The first-order valence-corrected chi connectivity index (χ1v) is 10.3. The fourth-order valence-electron chi connectivity index (χ4n) is 3.81. The minimum Gasteiger partial charge on any atom is -0.343 e. The average Bonchev–Trinajstić information content (AvgIpc) is 3.53. The third-order valence-corrected chi connectivity index (χ3v) is 5.68. The number of benzene rings is 2. The predicted octanol–water partition coefficient (Wildman–Crippen LogP) is 5.43. The Labute approximate surface area is 175 Å². The molecule has 0 bridgehead atoms. The van der Waals surface area contributed by atoms with Crippen LogP contribution in [0.1, 0.15) is 54.2 Å². The van der Waals surface area contributed by atoms with E-state index in [-0.39, 0.29) is 5.91 Å². The number of hydrogen-bond acceptors (Lipinski definition) is 4. The summed E-state index contributed by atoms with van der Waals surface area (Å²) < 4.78 is 5.59. The van der Waals surface area contributed by atoms with Gasteiger partial charge < -0.3 is 9.84 Å². The Hall–Kier alpha value is -3.47. The molecule has 1 fully saturated rings. The molecule has 150 valence electrons. The van der Waals surface area contributed by atoms with E-state index < -0.39 is 5.54 Å². The lowest BCUT2D eigenvalue weighted by molar-refractivity contribution is 0.0913. The van der Waals surface area contributed by atoms with Crippen molar-refractivity contribution in [3.8, 4) is 11.3 Å². The van der Waals surface area contributed by atoms with Crippen molar-refractivity contribution in [3.05, 3.63) is 83.6 Å². The smallest absolute Gasteiger partial charge is 0.259 e. The molecular weight excluding hydrogens is 374 g/mol. The summed E-state index contributed by atoms with van der Waals surface area (Å²) in [5.74, 6) is 0.242. The molecule has 0 spiro atoms. The van der Waals surface area contributed by atoms with Crippen molar-refractivity contribution in [1.29, 1.82) is 0 Å². The molecule has 2 aromatic carbocycles. The lowest BCUT2D eigenvalue weighted by Gasteiger charge is -2.27. The summed E-state index contributed by atoms with van der Waals surface area (Å²) in [6, 6.07) is 21.6. The maximum Gasteiger partial charge on any atom is 0.259 e. The highest BCUT2D eigenvalue weighted by Gasteiger charge is 2.31. The molecule has 0 aliphatic heterocycles. The molecule has 1 saturated carbocycles. The number of rotatable bonds is 5. The van der Waals surface area contributed by atoms with Crippen LogP contribution in [0.15, 0.2) is 71.3 Å². The van der Waals surface area contributed by atoms with E-state index in [9.17, 15) is 4.79 Å². The molecule has 1 amide bonds. The Morgan fingerprint density at radius 2 is 1.70 bits per heavy atom. The molecule has 0 atom stereocenters. The first kappa shape index (κ1) is 18.6. The van der Waals surface area contributed by atoms with E-state index in [0.29, 0.717) is 28.3 Å². The van der Waals surface area contributed by atoms with E-state index in [1.54, 1.807) is 0 Å². The molecule has 0 radical (unpaired) electrons. The molecule has 1 N–H and O–H groups in total. The maximum absolute atomic E-state index is 13.5. The van der Waals surface area contributed by atoms with Crippen molar-refractivity contribution in [2.45, 2.75) is 38.1 Å². The zero-order valence-corrected chi connectivity index (χ0v) is 17.1. The van der Waals surface area contributed by atoms with Crippen LogP contribution in [0, 0.1) is 0 Å². The van der Waals surface area contributed by atoms with Gasteiger partial charge in [0.05, 0.1) is 16.5 Å². The van der Waals surface area contributed by atoms with E-state index in [2.05, 4.69) is 15.5 Å². The highest BCUT2D eigenvalue weighted by atomic mass is 16.5. The Bertz CT molecular complexity index is 1210. The minimum absolute atomic E-state index is 0.154. The summed E-state index contributed by atoms with van der Waals surface area (Å²) in [6.45, 7) is 4.01. The van der Waals surface area contributed by atoms with Gasteiger partial charge in [-0.25, -0.2) is 4.98 Å². The van der Waals surface area contributed by atoms with Crippen LogP contribution < -0.4 is 5.32 Å².